The van der Waals surface area contributed by atoms with E-state index in [0.717, 1.165) is 11.3 Å². The lowest BCUT2D eigenvalue weighted by atomic mass is 10.2. The topological polar surface area (TPSA) is 113 Å². The lowest BCUT2D eigenvalue weighted by molar-refractivity contribution is 0.0526. The Hall–Kier alpha value is -3.16. The van der Waals surface area contributed by atoms with E-state index in [4.69, 9.17) is 4.74 Å². The van der Waals surface area contributed by atoms with Crippen molar-refractivity contribution in [3.8, 4) is 0 Å². The molecule has 1 aromatic heterocycles. The smallest absolute Gasteiger partial charge is 0.407 e. The number of carboxylic acids is 1. The third-order valence-corrected chi connectivity index (χ3v) is 3.88. The molecule has 1 aromatic carbocycles. The Kier molecular flexibility index (Phi) is 7.14. The maximum Gasteiger partial charge on any atom is 0.407 e. The van der Waals surface area contributed by atoms with E-state index >= 15 is 0 Å². The number of aromatic carboxylic acids is 1. The van der Waals surface area contributed by atoms with Crippen LogP contribution in [0.5, 0.6) is 0 Å². The zero-order valence-corrected chi connectivity index (χ0v) is 17.5. The van der Waals surface area contributed by atoms with E-state index < -0.39 is 17.7 Å². The van der Waals surface area contributed by atoms with Crippen LogP contribution < -0.4 is 10.6 Å². The molecular formula is C21H28N4O4. The summed E-state index contributed by atoms with van der Waals surface area (Å²) in [6.45, 7) is 9.41. The van der Waals surface area contributed by atoms with Crippen LogP contribution in [0.3, 0.4) is 0 Å². The van der Waals surface area contributed by atoms with Crippen LogP contribution >= 0.6 is 0 Å². The summed E-state index contributed by atoms with van der Waals surface area (Å²) in [6.07, 6.45) is 0.603. The van der Waals surface area contributed by atoms with E-state index in [2.05, 4.69) is 20.6 Å². The van der Waals surface area contributed by atoms with Crippen molar-refractivity contribution in [2.45, 2.75) is 53.1 Å². The number of ether oxygens (including phenoxy) is 1. The number of aromatic nitrogens is 2. The van der Waals surface area contributed by atoms with Gasteiger partial charge in [-0.15, -0.1) is 0 Å². The highest BCUT2D eigenvalue weighted by atomic mass is 16.6. The molecule has 0 fully saturated rings. The standard InChI is InChI=1S/C21H28N4O4/c1-13-8-6-9-15(12-13)24-18-17(19(26)27)14(2)23-16(25-18)10-7-11-22-20(28)29-21(3,4)5/h6,8-9,12H,7,10-11H2,1-5H3,(H,22,28)(H,26,27)(H,23,24,25). The number of anilines is 2. The number of nitrogens with one attached hydrogen (secondary N) is 2. The summed E-state index contributed by atoms with van der Waals surface area (Å²) in [5.74, 6) is -0.324. The summed E-state index contributed by atoms with van der Waals surface area (Å²) in [5, 5.41) is 15.3. The highest BCUT2D eigenvalue weighted by molar-refractivity contribution is 5.95. The molecule has 8 heteroatoms. The van der Waals surface area contributed by atoms with Crippen LogP contribution in [0.25, 0.3) is 0 Å². The van der Waals surface area contributed by atoms with Gasteiger partial charge in [-0.1, -0.05) is 12.1 Å². The van der Waals surface area contributed by atoms with Gasteiger partial charge in [0.05, 0.1) is 5.69 Å². The molecule has 3 N–H and O–H groups in total. The molecule has 2 rings (SSSR count). The normalized spacial score (nSPS) is 11.1. The highest BCUT2D eigenvalue weighted by Crippen LogP contribution is 2.22. The fourth-order valence-corrected chi connectivity index (χ4v) is 2.70. The monoisotopic (exact) mass is 400 g/mol. The van der Waals surface area contributed by atoms with Gasteiger partial charge in [0.1, 0.15) is 22.8 Å². The van der Waals surface area contributed by atoms with Crippen molar-refractivity contribution in [3.63, 3.8) is 0 Å². The second kappa shape index (κ2) is 9.36. The fraction of sp³-hybridized carbons (Fsp3) is 0.429. The summed E-state index contributed by atoms with van der Waals surface area (Å²) in [6, 6.07) is 7.60. The van der Waals surface area contributed by atoms with E-state index in [9.17, 15) is 14.7 Å². The first-order valence-corrected chi connectivity index (χ1v) is 9.46. The molecule has 0 aliphatic heterocycles. The largest absolute Gasteiger partial charge is 0.477 e. The third-order valence-electron chi connectivity index (χ3n) is 3.88. The predicted octanol–water partition coefficient (Wildman–Crippen LogP) is 3.99. The van der Waals surface area contributed by atoms with Gasteiger partial charge in [-0.05, 0) is 58.7 Å². The molecule has 156 valence electrons. The molecule has 0 bridgehead atoms. The molecule has 0 radical (unpaired) electrons. The Morgan fingerprint density at radius 3 is 2.52 bits per heavy atom. The minimum absolute atomic E-state index is 0.0436. The zero-order chi connectivity index (χ0) is 21.6. The van der Waals surface area contributed by atoms with Gasteiger partial charge < -0.3 is 20.5 Å². The molecular weight excluding hydrogens is 372 g/mol. The van der Waals surface area contributed by atoms with Crippen molar-refractivity contribution in [3.05, 3.63) is 46.9 Å². The van der Waals surface area contributed by atoms with Crippen LogP contribution in [0.15, 0.2) is 24.3 Å². The first-order chi connectivity index (χ1) is 13.5. The number of carbonyl (C=O) groups is 2. The van der Waals surface area contributed by atoms with E-state index in [1.54, 1.807) is 27.7 Å². The molecule has 0 spiro atoms. The Labute approximate surface area is 170 Å². The molecule has 1 amide bonds. The highest BCUT2D eigenvalue weighted by Gasteiger charge is 2.19. The third kappa shape index (κ3) is 7.06. The van der Waals surface area contributed by atoms with Gasteiger partial charge in [-0.25, -0.2) is 19.6 Å². The SMILES string of the molecule is Cc1cccc(Nc2nc(CCCNC(=O)OC(C)(C)C)nc(C)c2C(=O)O)c1. The Morgan fingerprint density at radius 1 is 1.17 bits per heavy atom. The summed E-state index contributed by atoms with van der Waals surface area (Å²) >= 11 is 0. The molecule has 1 heterocycles. The van der Waals surface area contributed by atoms with Crippen LogP contribution in [0.4, 0.5) is 16.3 Å². The molecule has 2 aromatic rings. The molecule has 0 atom stereocenters. The van der Waals surface area contributed by atoms with Gasteiger partial charge in [0.15, 0.2) is 0 Å². The first kappa shape index (κ1) is 22.1. The second-order valence-electron chi connectivity index (χ2n) is 7.78. The van der Waals surface area contributed by atoms with Crippen molar-refractivity contribution in [2.24, 2.45) is 0 Å². The van der Waals surface area contributed by atoms with Crippen molar-refractivity contribution in [1.29, 1.82) is 0 Å². The molecule has 8 nitrogen and oxygen atoms in total. The lowest BCUT2D eigenvalue weighted by Crippen LogP contribution is -2.33. The van der Waals surface area contributed by atoms with Crippen LogP contribution in [0.1, 0.15) is 54.6 Å². The number of carbonyl (C=O) groups excluding carboxylic acids is 1. The predicted molar refractivity (Wildman–Crippen MR) is 111 cm³/mol. The van der Waals surface area contributed by atoms with Gasteiger partial charge in [0.2, 0.25) is 0 Å². The van der Waals surface area contributed by atoms with Crippen molar-refractivity contribution in [1.82, 2.24) is 15.3 Å². The van der Waals surface area contributed by atoms with Crippen molar-refractivity contribution < 1.29 is 19.4 Å². The van der Waals surface area contributed by atoms with Crippen LogP contribution in [-0.4, -0.2) is 39.3 Å². The number of benzene rings is 1. The number of carboxylic acid groups (broad SMARTS) is 1. The minimum Gasteiger partial charge on any atom is -0.477 e. The summed E-state index contributed by atoms with van der Waals surface area (Å²) in [7, 11) is 0. The Bertz CT molecular complexity index is 891. The lowest BCUT2D eigenvalue weighted by Gasteiger charge is -2.19. The van der Waals surface area contributed by atoms with Crippen LogP contribution in [0, 0.1) is 13.8 Å². The maximum atomic E-state index is 11.7. The van der Waals surface area contributed by atoms with Gasteiger partial charge in [-0.2, -0.15) is 0 Å². The van der Waals surface area contributed by atoms with Crippen LogP contribution in [-0.2, 0) is 11.2 Å². The van der Waals surface area contributed by atoms with Gasteiger partial charge in [-0.3, -0.25) is 0 Å². The average molecular weight is 400 g/mol. The van der Waals surface area contributed by atoms with Gasteiger partial charge in [0, 0.05) is 18.7 Å². The zero-order valence-electron chi connectivity index (χ0n) is 17.5. The minimum atomic E-state index is -1.09. The Morgan fingerprint density at radius 2 is 1.90 bits per heavy atom. The number of alkyl carbamates (subject to hydrolysis) is 1. The number of amides is 1. The van der Waals surface area contributed by atoms with E-state index in [1.807, 2.05) is 31.2 Å². The number of nitrogens with zero attached hydrogens (tertiary/aromatic N) is 2. The average Bonchev–Trinajstić information content (AvgIpc) is 2.56. The maximum absolute atomic E-state index is 11.7. The van der Waals surface area contributed by atoms with E-state index in [-0.39, 0.29) is 11.4 Å². The summed E-state index contributed by atoms with van der Waals surface area (Å²) < 4.78 is 5.19. The van der Waals surface area contributed by atoms with Gasteiger partial charge in [0.25, 0.3) is 0 Å². The van der Waals surface area contributed by atoms with E-state index in [1.165, 1.54) is 0 Å². The molecule has 0 saturated carbocycles. The number of aryl methyl sites for hydroxylation is 3. The van der Waals surface area contributed by atoms with Crippen molar-refractivity contribution >= 4 is 23.6 Å². The number of hydrogen-bond donors (Lipinski definition) is 3. The fourth-order valence-electron chi connectivity index (χ4n) is 2.70. The molecule has 29 heavy (non-hydrogen) atoms. The molecule has 0 saturated heterocycles. The Balaban J connectivity index is 2.08. The summed E-state index contributed by atoms with van der Waals surface area (Å²) in [5.41, 5.74) is 1.68. The van der Waals surface area contributed by atoms with Gasteiger partial charge >= 0.3 is 12.1 Å². The van der Waals surface area contributed by atoms with Crippen molar-refractivity contribution in [2.75, 3.05) is 11.9 Å². The van der Waals surface area contributed by atoms with E-state index in [0.29, 0.717) is 30.9 Å². The number of rotatable bonds is 7. The molecule has 0 aliphatic carbocycles. The second-order valence-corrected chi connectivity index (χ2v) is 7.78. The van der Waals surface area contributed by atoms with Crippen LogP contribution in [0.2, 0.25) is 0 Å². The quantitative estimate of drug-likeness (QED) is 0.602. The first-order valence-electron chi connectivity index (χ1n) is 9.46. The summed E-state index contributed by atoms with van der Waals surface area (Å²) in [4.78, 5) is 32.1. The molecule has 0 unspecified atom stereocenters. The molecule has 0 aliphatic rings. The number of hydrogen-bond acceptors (Lipinski definition) is 6.